The van der Waals surface area contributed by atoms with Gasteiger partial charge in [-0.3, -0.25) is 14.7 Å². The summed E-state index contributed by atoms with van der Waals surface area (Å²) in [5.41, 5.74) is 3.03. The third-order valence-corrected chi connectivity index (χ3v) is 5.39. The van der Waals surface area contributed by atoms with Crippen LogP contribution < -0.4 is 0 Å². The first-order chi connectivity index (χ1) is 12.6. The quantitative estimate of drug-likeness (QED) is 0.686. The van der Waals surface area contributed by atoms with Crippen LogP contribution in [0.1, 0.15) is 25.0 Å². The summed E-state index contributed by atoms with van der Waals surface area (Å²) in [6.07, 6.45) is 9.64. The Kier molecular flexibility index (Phi) is 4.55. The van der Waals surface area contributed by atoms with Crippen LogP contribution in [0.25, 0.3) is 22.0 Å². The minimum Gasteiger partial charge on any atom is -0.334 e. The molecular formula is C21H24N4O. The van der Waals surface area contributed by atoms with Gasteiger partial charge in [-0.2, -0.15) is 0 Å². The Morgan fingerprint density at radius 3 is 2.77 bits per heavy atom. The number of carbonyl (C=O) groups excluding carboxylic acids is 1. The van der Waals surface area contributed by atoms with E-state index in [-0.39, 0.29) is 5.78 Å². The highest BCUT2D eigenvalue weighted by molar-refractivity contribution is 5.88. The number of rotatable bonds is 6. The van der Waals surface area contributed by atoms with Gasteiger partial charge in [-0.05, 0) is 37.4 Å². The lowest BCUT2D eigenvalue weighted by Gasteiger charge is -2.34. The van der Waals surface area contributed by atoms with Crippen LogP contribution in [0.15, 0.2) is 43.0 Å². The van der Waals surface area contributed by atoms with Crippen LogP contribution >= 0.6 is 0 Å². The average Bonchev–Trinajstić information content (AvgIpc) is 2.98. The lowest BCUT2D eigenvalue weighted by molar-refractivity contribution is -0.120. The Morgan fingerprint density at radius 1 is 1.23 bits per heavy atom. The number of hydrogen-bond donors (Lipinski definition) is 0. The molecule has 0 bridgehead atoms. The second-order valence-corrected chi connectivity index (χ2v) is 7.34. The van der Waals surface area contributed by atoms with Crippen molar-refractivity contribution in [1.29, 1.82) is 0 Å². The van der Waals surface area contributed by atoms with Crippen LogP contribution in [0.3, 0.4) is 0 Å². The van der Waals surface area contributed by atoms with E-state index in [1.807, 2.05) is 30.1 Å². The van der Waals surface area contributed by atoms with Gasteiger partial charge < -0.3 is 4.57 Å². The van der Waals surface area contributed by atoms with Gasteiger partial charge >= 0.3 is 0 Å². The number of carbonyl (C=O) groups is 1. The largest absolute Gasteiger partial charge is 0.334 e. The second-order valence-electron chi connectivity index (χ2n) is 7.34. The highest BCUT2D eigenvalue weighted by atomic mass is 16.1. The van der Waals surface area contributed by atoms with Crippen LogP contribution in [-0.2, 0) is 18.3 Å². The predicted octanol–water partition coefficient (Wildman–Crippen LogP) is 3.23. The summed E-state index contributed by atoms with van der Waals surface area (Å²) in [6.45, 7) is 0.513. The monoisotopic (exact) mass is 348 g/mol. The maximum Gasteiger partial charge on any atom is 0.152 e. The molecule has 0 atom stereocenters. The molecule has 1 aliphatic carbocycles. The SMILES string of the molecule is CN(CC(=O)Cc1cc2cc(-c3cncn3C)ccc2cn1)C1CCC1. The molecule has 1 saturated carbocycles. The van der Waals surface area contributed by atoms with Crippen molar-refractivity contribution in [1.82, 2.24) is 19.4 Å². The van der Waals surface area contributed by atoms with Crippen molar-refractivity contribution in [2.45, 2.75) is 31.7 Å². The van der Waals surface area contributed by atoms with Crippen molar-refractivity contribution < 1.29 is 4.79 Å². The van der Waals surface area contributed by atoms with E-state index in [2.05, 4.69) is 40.1 Å². The standard InChI is InChI=1S/C21H24N4O/c1-24(19-4-3-5-19)13-20(26)10-18-9-17-8-15(6-7-16(17)11-23-18)21-12-22-14-25(21)2/h6-9,11-12,14,19H,3-5,10,13H2,1-2H3. The summed E-state index contributed by atoms with van der Waals surface area (Å²) < 4.78 is 2.00. The molecule has 5 heteroatoms. The summed E-state index contributed by atoms with van der Waals surface area (Å²) in [6, 6.07) is 8.92. The summed E-state index contributed by atoms with van der Waals surface area (Å²) >= 11 is 0. The van der Waals surface area contributed by atoms with Gasteiger partial charge in [-0.1, -0.05) is 18.6 Å². The lowest BCUT2D eigenvalue weighted by Crippen LogP contribution is -2.40. The molecule has 2 aromatic heterocycles. The zero-order valence-corrected chi connectivity index (χ0v) is 15.4. The van der Waals surface area contributed by atoms with E-state index in [4.69, 9.17) is 0 Å². The topological polar surface area (TPSA) is 51.0 Å². The van der Waals surface area contributed by atoms with Crippen LogP contribution in [0.4, 0.5) is 0 Å². The fourth-order valence-electron chi connectivity index (χ4n) is 3.57. The number of aryl methyl sites for hydroxylation is 1. The van der Waals surface area contributed by atoms with Crippen LogP contribution in [-0.4, -0.2) is 44.9 Å². The first kappa shape index (κ1) is 16.9. The van der Waals surface area contributed by atoms with Crippen LogP contribution in [0.2, 0.25) is 0 Å². The molecule has 1 aliphatic rings. The van der Waals surface area contributed by atoms with Crippen LogP contribution in [0, 0.1) is 0 Å². The van der Waals surface area contributed by atoms with E-state index >= 15 is 0 Å². The summed E-state index contributed by atoms with van der Waals surface area (Å²) in [5, 5.41) is 2.19. The van der Waals surface area contributed by atoms with Gasteiger partial charge in [0.15, 0.2) is 5.78 Å². The van der Waals surface area contributed by atoms with Gasteiger partial charge in [0.1, 0.15) is 0 Å². The Labute approximate surface area is 153 Å². The van der Waals surface area contributed by atoms with Crippen molar-refractivity contribution in [3.63, 3.8) is 0 Å². The third kappa shape index (κ3) is 3.40. The highest BCUT2D eigenvalue weighted by Crippen LogP contribution is 2.25. The fourth-order valence-corrected chi connectivity index (χ4v) is 3.57. The predicted molar refractivity (Wildman–Crippen MR) is 103 cm³/mol. The molecule has 5 nitrogen and oxygen atoms in total. The Morgan fingerprint density at radius 2 is 2.08 bits per heavy atom. The fraction of sp³-hybridized carbons (Fsp3) is 0.381. The van der Waals surface area contributed by atoms with Gasteiger partial charge in [0.2, 0.25) is 0 Å². The molecule has 4 rings (SSSR count). The van der Waals surface area contributed by atoms with E-state index < -0.39 is 0 Å². The molecule has 0 spiro atoms. The second kappa shape index (κ2) is 7.00. The zero-order chi connectivity index (χ0) is 18.1. The first-order valence-corrected chi connectivity index (χ1v) is 9.17. The molecule has 3 aromatic rings. The normalized spacial score (nSPS) is 14.7. The number of likely N-dealkylation sites (N-methyl/N-ethyl adjacent to an activating group) is 1. The number of nitrogens with zero attached hydrogens (tertiary/aromatic N) is 4. The third-order valence-electron chi connectivity index (χ3n) is 5.39. The van der Waals surface area contributed by atoms with Gasteiger partial charge in [-0.15, -0.1) is 0 Å². The van der Waals surface area contributed by atoms with Crippen molar-refractivity contribution in [3.8, 4) is 11.3 Å². The van der Waals surface area contributed by atoms with E-state index in [9.17, 15) is 4.79 Å². The highest BCUT2D eigenvalue weighted by Gasteiger charge is 2.23. The Hall–Kier alpha value is -2.53. The van der Waals surface area contributed by atoms with Crippen molar-refractivity contribution in [3.05, 3.63) is 48.7 Å². The molecule has 0 radical (unpaired) electrons. The summed E-state index contributed by atoms with van der Waals surface area (Å²) in [5.74, 6) is 0.231. The minimum atomic E-state index is 0.231. The summed E-state index contributed by atoms with van der Waals surface area (Å²) in [4.78, 5) is 23.3. The number of hydrogen-bond acceptors (Lipinski definition) is 4. The smallest absolute Gasteiger partial charge is 0.152 e. The number of benzene rings is 1. The molecule has 0 aliphatic heterocycles. The molecule has 0 unspecified atom stereocenters. The summed E-state index contributed by atoms with van der Waals surface area (Å²) in [7, 11) is 4.04. The molecular weight excluding hydrogens is 324 g/mol. The van der Waals surface area contributed by atoms with Crippen molar-refractivity contribution >= 4 is 16.6 Å². The minimum absolute atomic E-state index is 0.231. The Bertz CT molecular complexity index is 942. The van der Waals surface area contributed by atoms with E-state index in [0.717, 1.165) is 27.7 Å². The molecule has 134 valence electrons. The van der Waals surface area contributed by atoms with E-state index in [0.29, 0.717) is 19.0 Å². The number of ketones is 1. The molecule has 0 amide bonds. The maximum atomic E-state index is 12.4. The molecule has 0 N–H and O–H groups in total. The number of aromatic nitrogens is 3. The number of imidazole rings is 1. The van der Waals surface area contributed by atoms with Gasteiger partial charge in [0, 0.05) is 35.9 Å². The number of pyridine rings is 1. The maximum absolute atomic E-state index is 12.4. The van der Waals surface area contributed by atoms with Crippen molar-refractivity contribution in [2.75, 3.05) is 13.6 Å². The number of Topliss-reactive ketones (excluding diaryl/α,β-unsaturated/α-hetero) is 1. The van der Waals surface area contributed by atoms with Gasteiger partial charge in [0.05, 0.1) is 31.2 Å². The van der Waals surface area contributed by atoms with Crippen molar-refractivity contribution in [2.24, 2.45) is 7.05 Å². The lowest BCUT2D eigenvalue weighted by atomic mass is 9.91. The van der Waals surface area contributed by atoms with E-state index in [1.54, 1.807) is 6.33 Å². The average molecular weight is 348 g/mol. The first-order valence-electron chi connectivity index (χ1n) is 9.17. The van der Waals surface area contributed by atoms with Gasteiger partial charge in [0.25, 0.3) is 0 Å². The van der Waals surface area contributed by atoms with E-state index in [1.165, 1.54) is 19.3 Å². The molecule has 0 saturated heterocycles. The van der Waals surface area contributed by atoms with Crippen LogP contribution in [0.5, 0.6) is 0 Å². The Balaban J connectivity index is 1.52. The molecule has 26 heavy (non-hydrogen) atoms. The zero-order valence-electron chi connectivity index (χ0n) is 15.4. The molecule has 2 heterocycles. The molecule has 1 aromatic carbocycles. The molecule has 1 fully saturated rings. The number of fused-ring (bicyclic) bond motifs is 1. The van der Waals surface area contributed by atoms with Gasteiger partial charge in [-0.25, -0.2) is 4.98 Å².